The van der Waals surface area contributed by atoms with Crippen molar-refractivity contribution in [2.75, 3.05) is 30.9 Å². The number of nitrogens with zero attached hydrogens (tertiary/aromatic N) is 1. The molecule has 0 aliphatic heterocycles. The quantitative estimate of drug-likeness (QED) is 0.530. The van der Waals surface area contributed by atoms with Crippen LogP contribution in [0.3, 0.4) is 0 Å². The summed E-state index contributed by atoms with van der Waals surface area (Å²) in [5.41, 5.74) is 0.837. The molecular formula is C20H24N2O6S. The molecular weight excluding hydrogens is 396 g/mol. The van der Waals surface area contributed by atoms with Crippen molar-refractivity contribution in [3.8, 4) is 17.2 Å². The van der Waals surface area contributed by atoms with Crippen molar-refractivity contribution in [1.29, 1.82) is 0 Å². The van der Waals surface area contributed by atoms with Crippen molar-refractivity contribution in [3.05, 3.63) is 36.0 Å². The van der Waals surface area contributed by atoms with Crippen molar-refractivity contribution < 1.29 is 28.9 Å². The molecule has 2 N–H and O–H groups in total. The summed E-state index contributed by atoms with van der Waals surface area (Å²) >= 11 is 1.10. The zero-order valence-corrected chi connectivity index (χ0v) is 17.4. The van der Waals surface area contributed by atoms with Crippen molar-refractivity contribution in [3.63, 3.8) is 0 Å². The fraction of sp³-hybridized carbons (Fsp3) is 0.350. The lowest BCUT2D eigenvalue weighted by Gasteiger charge is -2.17. The van der Waals surface area contributed by atoms with Gasteiger partial charge in [-0.1, -0.05) is 11.8 Å². The third kappa shape index (κ3) is 6.56. The molecule has 1 aromatic carbocycles. The number of benzene rings is 1. The molecule has 0 unspecified atom stereocenters. The molecule has 2 rings (SSSR count). The van der Waals surface area contributed by atoms with Gasteiger partial charge in [0.25, 0.3) is 5.91 Å². The number of carboxylic acid groups (broad SMARTS) is 1. The number of pyridine rings is 1. The van der Waals surface area contributed by atoms with Gasteiger partial charge in [0.1, 0.15) is 0 Å². The largest absolute Gasteiger partial charge is 0.490 e. The second-order valence-corrected chi connectivity index (χ2v) is 6.62. The molecule has 1 amide bonds. The number of hydrogen-bond acceptors (Lipinski definition) is 7. The van der Waals surface area contributed by atoms with E-state index in [1.807, 2.05) is 20.8 Å². The minimum atomic E-state index is -0.917. The molecule has 9 heteroatoms. The summed E-state index contributed by atoms with van der Waals surface area (Å²) in [4.78, 5) is 27.5. The first-order valence-electron chi connectivity index (χ1n) is 9.16. The molecule has 0 fully saturated rings. The van der Waals surface area contributed by atoms with E-state index < -0.39 is 5.97 Å². The maximum absolute atomic E-state index is 12.7. The highest BCUT2D eigenvalue weighted by Crippen LogP contribution is 2.39. The Balaban J connectivity index is 2.21. The standard InChI is InChI=1S/C20H24N2O6S/c1-4-26-15-9-13(10-16(27-5-2)19(15)28-6-3)20(25)22-14-7-8-17(21-11-14)29-12-18(23)24/h7-11H,4-6,12H2,1-3H3,(H,22,25)(H,23,24). The van der Waals surface area contributed by atoms with Crippen LogP contribution < -0.4 is 19.5 Å². The Labute approximate surface area is 173 Å². The number of hydrogen-bond donors (Lipinski definition) is 2. The zero-order chi connectivity index (χ0) is 21.2. The van der Waals surface area contributed by atoms with Crippen molar-refractivity contribution >= 4 is 29.3 Å². The molecule has 0 spiro atoms. The van der Waals surface area contributed by atoms with E-state index in [2.05, 4.69) is 10.3 Å². The minimum Gasteiger partial charge on any atom is -0.490 e. The number of carboxylic acids is 1. The van der Waals surface area contributed by atoms with E-state index in [-0.39, 0.29) is 11.7 Å². The van der Waals surface area contributed by atoms with Gasteiger partial charge in [0.15, 0.2) is 11.5 Å². The predicted octanol–water partition coefficient (Wildman–Crippen LogP) is 3.71. The molecule has 0 aliphatic rings. The Hall–Kier alpha value is -2.94. The number of carbonyl (C=O) groups excluding carboxylic acids is 1. The first kappa shape index (κ1) is 22.4. The number of nitrogens with one attached hydrogen (secondary N) is 1. The summed E-state index contributed by atoms with van der Waals surface area (Å²) < 4.78 is 16.9. The van der Waals surface area contributed by atoms with E-state index in [0.29, 0.717) is 53.3 Å². The van der Waals surface area contributed by atoms with E-state index >= 15 is 0 Å². The predicted molar refractivity (Wildman–Crippen MR) is 110 cm³/mol. The summed E-state index contributed by atoms with van der Waals surface area (Å²) in [6.07, 6.45) is 1.48. The van der Waals surface area contributed by atoms with Crippen LogP contribution >= 0.6 is 11.8 Å². The van der Waals surface area contributed by atoms with E-state index in [1.165, 1.54) is 6.20 Å². The fourth-order valence-electron chi connectivity index (χ4n) is 2.40. The Morgan fingerprint density at radius 3 is 2.14 bits per heavy atom. The lowest BCUT2D eigenvalue weighted by Crippen LogP contribution is -2.13. The normalized spacial score (nSPS) is 10.3. The number of ether oxygens (including phenoxy) is 3. The van der Waals surface area contributed by atoms with Crippen LogP contribution in [0.4, 0.5) is 5.69 Å². The highest BCUT2D eigenvalue weighted by atomic mass is 32.2. The fourth-order valence-corrected chi connectivity index (χ4v) is 2.96. The van der Waals surface area contributed by atoms with E-state index in [0.717, 1.165) is 11.8 Å². The van der Waals surface area contributed by atoms with Crippen LogP contribution in [0.1, 0.15) is 31.1 Å². The van der Waals surface area contributed by atoms with Crippen molar-refractivity contribution in [1.82, 2.24) is 4.98 Å². The van der Waals surface area contributed by atoms with Gasteiger partial charge in [-0.25, -0.2) is 4.98 Å². The topological polar surface area (TPSA) is 107 Å². The number of amides is 1. The van der Waals surface area contributed by atoms with Crippen molar-refractivity contribution in [2.45, 2.75) is 25.8 Å². The lowest BCUT2D eigenvalue weighted by molar-refractivity contribution is -0.133. The maximum atomic E-state index is 12.7. The SMILES string of the molecule is CCOc1cc(C(=O)Nc2ccc(SCC(=O)O)nc2)cc(OCC)c1OCC. The third-order valence-corrected chi connectivity index (χ3v) is 4.44. The second-order valence-electron chi connectivity index (χ2n) is 5.62. The van der Waals surface area contributed by atoms with Gasteiger partial charge in [0.05, 0.1) is 42.5 Å². The van der Waals surface area contributed by atoms with Gasteiger partial charge in [-0.3, -0.25) is 9.59 Å². The third-order valence-electron chi connectivity index (χ3n) is 3.51. The Bertz CT molecular complexity index is 814. The number of carbonyl (C=O) groups is 2. The summed E-state index contributed by atoms with van der Waals surface area (Å²) in [6, 6.07) is 6.53. The number of aliphatic carboxylic acids is 1. The van der Waals surface area contributed by atoms with Gasteiger partial charge < -0.3 is 24.6 Å². The average molecular weight is 420 g/mol. The lowest BCUT2D eigenvalue weighted by atomic mass is 10.1. The molecule has 0 aliphatic carbocycles. The molecule has 2 aromatic rings. The second kappa shape index (κ2) is 11.2. The molecule has 0 atom stereocenters. The number of rotatable bonds is 11. The first-order chi connectivity index (χ1) is 14.0. The molecule has 0 bridgehead atoms. The highest BCUT2D eigenvalue weighted by molar-refractivity contribution is 7.99. The first-order valence-corrected chi connectivity index (χ1v) is 10.1. The monoisotopic (exact) mass is 420 g/mol. The molecule has 29 heavy (non-hydrogen) atoms. The number of thioether (sulfide) groups is 1. The molecule has 0 saturated carbocycles. The molecule has 1 heterocycles. The van der Waals surface area contributed by atoms with Gasteiger partial charge in [0.2, 0.25) is 5.75 Å². The van der Waals surface area contributed by atoms with Crippen LogP contribution in [-0.2, 0) is 4.79 Å². The Morgan fingerprint density at radius 2 is 1.66 bits per heavy atom. The summed E-state index contributed by atoms with van der Waals surface area (Å²) in [6.45, 7) is 6.81. The van der Waals surface area contributed by atoms with Crippen LogP contribution in [0, 0.1) is 0 Å². The average Bonchev–Trinajstić information content (AvgIpc) is 2.70. The van der Waals surface area contributed by atoms with Gasteiger partial charge in [-0.05, 0) is 45.0 Å². The maximum Gasteiger partial charge on any atom is 0.313 e. The van der Waals surface area contributed by atoms with Gasteiger partial charge in [-0.2, -0.15) is 0 Å². The summed E-state index contributed by atoms with van der Waals surface area (Å²) in [5.74, 6) is -0.0181. The van der Waals surface area contributed by atoms with Crippen LogP contribution in [-0.4, -0.2) is 47.5 Å². The van der Waals surface area contributed by atoms with E-state index in [1.54, 1.807) is 24.3 Å². The minimum absolute atomic E-state index is 0.0781. The Kier molecular flexibility index (Phi) is 8.60. The summed E-state index contributed by atoms with van der Waals surface area (Å²) in [7, 11) is 0. The molecule has 156 valence electrons. The highest BCUT2D eigenvalue weighted by Gasteiger charge is 2.18. The smallest absolute Gasteiger partial charge is 0.313 e. The zero-order valence-electron chi connectivity index (χ0n) is 16.6. The van der Waals surface area contributed by atoms with Crippen LogP contribution in [0.25, 0.3) is 0 Å². The van der Waals surface area contributed by atoms with E-state index in [4.69, 9.17) is 19.3 Å². The van der Waals surface area contributed by atoms with Crippen LogP contribution in [0.15, 0.2) is 35.5 Å². The van der Waals surface area contributed by atoms with Gasteiger partial charge in [0, 0.05) is 5.56 Å². The molecule has 1 aromatic heterocycles. The number of anilines is 1. The van der Waals surface area contributed by atoms with Gasteiger partial charge in [-0.15, -0.1) is 0 Å². The van der Waals surface area contributed by atoms with Crippen molar-refractivity contribution in [2.24, 2.45) is 0 Å². The van der Waals surface area contributed by atoms with Crippen LogP contribution in [0.2, 0.25) is 0 Å². The Morgan fingerprint density at radius 1 is 1.03 bits per heavy atom. The molecule has 8 nitrogen and oxygen atoms in total. The van der Waals surface area contributed by atoms with E-state index in [9.17, 15) is 9.59 Å². The number of aromatic nitrogens is 1. The molecule has 0 saturated heterocycles. The van der Waals surface area contributed by atoms with Crippen LogP contribution in [0.5, 0.6) is 17.2 Å². The molecule has 0 radical (unpaired) electrons. The summed E-state index contributed by atoms with van der Waals surface area (Å²) in [5, 5.41) is 12.0. The van der Waals surface area contributed by atoms with Gasteiger partial charge >= 0.3 is 5.97 Å².